The number of rotatable bonds is 7. The van der Waals surface area contributed by atoms with E-state index in [1.54, 1.807) is 6.20 Å². The second-order valence-electron chi connectivity index (χ2n) is 6.05. The molecule has 1 N–H and O–H groups in total. The Morgan fingerprint density at radius 2 is 2.25 bits per heavy atom. The third-order valence-electron chi connectivity index (χ3n) is 4.25. The Bertz CT molecular complexity index is 421. The molecule has 0 aromatic carbocycles. The fraction of sp³-hybridized carbons (Fsp3) is 0.733. The minimum Gasteiger partial charge on any atom is -0.341 e. The molecular weight excluding hydrogens is 252 g/mol. The van der Waals surface area contributed by atoms with Gasteiger partial charge in [0, 0.05) is 44.5 Å². The third-order valence-corrected chi connectivity index (χ3v) is 4.25. The summed E-state index contributed by atoms with van der Waals surface area (Å²) >= 11 is 0. The van der Waals surface area contributed by atoms with Crippen molar-refractivity contribution in [2.24, 2.45) is 5.92 Å². The van der Waals surface area contributed by atoms with Gasteiger partial charge in [0.1, 0.15) is 0 Å². The van der Waals surface area contributed by atoms with Gasteiger partial charge in [0.2, 0.25) is 5.91 Å². The van der Waals surface area contributed by atoms with Crippen LogP contribution in [0.1, 0.15) is 32.1 Å². The normalized spacial score (nSPS) is 22.1. The molecule has 5 heteroatoms. The van der Waals surface area contributed by atoms with E-state index in [9.17, 15) is 4.79 Å². The topological polar surface area (TPSA) is 50.2 Å². The number of carbonyl (C=O) groups is 1. The number of nitrogens with one attached hydrogen (secondary N) is 1. The van der Waals surface area contributed by atoms with Crippen LogP contribution in [0.25, 0.3) is 0 Å². The maximum atomic E-state index is 12.4. The molecule has 3 rings (SSSR count). The van der Waals surface area contributed by atoms with Crippen molar-refractivity contribution in [2.75, 3.05) is 19.6 Å². The van der Waals surface area contributed by atoms with Crippen molar-refractivity contribution < 1.29 is 4.79 Å². The minimum atomic E-state index is 0.279. The molecule has 1 aromatic rings. The molecule has 1 aromatic heterocycles. The molecule has 2 heterocycles. The lowest BCUT2D eigenvalue weighted by Gasteiger charge is -2.26. The molecule has 2 fully saturated rings. The van der Waals surface area contributed by atoms with Gasteiger partial charge in [-0.25, -0.2) is 0 Å². The molecule has 1 saturated carbocycles. The first kappa shape index (κ1) is 13.6. The van der Waals surface area contributed by atoms with Crippen LogP contribution in [0, 0.1) is 5.92 Å². The molecule has 5 nitrogen and oxygen atoms in total. The lowest BCUT2D eigenvalue weighted by molar-refractivity contribution is -0.132. The highest BCUT2D eigenvalue weighted by Crippen LogP contribution is 2.30. The maximum Gasteiger partial charge on any atom is 0.224 e. The Morgan fingerprint density at radius 3 is 2.90 bits per heavy atom. The molecular formula is C15H24N4O. The van der Waals surface area contributed by atoms with E-state index in [4.69, 9.17) is 0 Å². The van der Waals surface area contributed by atoms with E-state index in [0.29, 0.717) is 19.0 Å². The number of hydrogen-bond acceptors (Lipinski definition) is 3. The first-order valence-electron chi connectivity index (χ1n) is 7.80. The van der Waals surface area contributed by atoms with Gasteiger partial charge in [-0.15, -0.1) is 0 Å². The summed E-state index contributed by atoms with van der Waals surface area (Å²) in [5.41, 5.74) is 0. The zero-order valence-electron chi connectivity index (χ0n) is 12.0. The summed E-state index contributed by atoms with van der Waals surface area (Å²) in [5.74, 6) is 1.03. The molecule has 1 atom stereocenters. The fourth-order valence-electron chi connectivity index (χ4n) is 2.87. The van der Waals surface area contributed by atoms with Crippen LogP contribution in [0.2, 0.25) is 0 Å². The molecule has 110 valence electrons. The second-order valence-corrected chi connectivity index (χ2v) is 6.05. The second kappa shape index (κ2) is 6.39. The SMILES string of the molecule is O=C(CCn1cccn1)N(CC1CC1)CC1CCCN1. The van der Waals surface area contributed by atoms with E-state index < -0.39 is 0 Å². The summed E-state index contributed by atoms with van der Waals surface area (Å²) in [5, 5.41) is 7.65. The molecule has 0 bridgehead atoms. The number of hydrogen-bond donors (Lipinski definition) is 1. The molecule has 1 saturated heterocycles. The van der Waals surface area contributed by atoms with E-state index in [2.05, 4.69) is 15.3 Å². The lowest BCUT2D eigenvalue weighted by Crippen LogP contribution is -2.42. The van der Waals surface area contributed by atoms with Gasteiger partial charge < -0.3 is 10.2 Å². The fourth-order valence-corrected chi connectivity index (χ4v) is 2.87. The molecule has 20 heavy (non-hydrogen) atoms. The van der Waals surface area contributed by atoms with Crippen molar-refractivity contribution >= 4 is 5.91 Å². The average Bonchev–Trinajstić information content (AvgIpc) is 2.95. The van der Waals surface area contributed by atoms with Gasteiger partial charge in [-0.05, 0) is 44.2 Å². The zero-order chi connectivity index (χ0) is 13.8. The van der Waals surface area contributed by atoms with Gasteiger partial charge in [0.15, 0.2) is 0 Å². The minimum absolute atomic E-state index is 0.279. The van der Waals surface area contributed by atoms with Crippen LogP contribution < -0.4 is 5.32 Å². The van der Waals surface area contributed by atoms with Gasteiger partial charge in [-0.1, -0.05) is 0 Å². The first-order valence-corrected chi connectivity index (χ1v) is 7.80. The number of aryl methyl sites for hydroxylation is 1. The van der Waals surface area contributed by atoms with Crippen LogP contribution in [0.4, 0.5) is 0 Å². The van der Waals surface area contributed by atoms with Gasteiger partial charge in [0.05, 0.1) is 0 Å². The van der Waals surface area contributed by atoms with Gasteiger partial charge in [-0.2, -0.15) is 5.10 Å². The third kappa shape index (κ3) is 3.82. The Labute approximate surface area is 120 Å². The Kier molecular flexibility index (Phi) is 4.35. The molecule has 1 unspecified atom stereocenters. The van der Waals surface area contributed by atoms with Crippen molar-refractivity contribution in [1.82, 2.24) is 20.0 Å². The van der Waals surface area contributed by atoms with Crippen LogP contribution >= 0.6 is 0 Å². The highest BCUT2D eigenvalue weighted by Gasteiger charge is 2.28. The largest absolute Gasteiger partial charge is 0.341 e. The summed E-state index contributed by atoms with van der Waals surface area (Å²) in [6.45, 7) is 3.62. The van der Waals surface area contributed by atoms with Crippen molar-refractivity contribution in [3.63, 3.8) is 0 Å². The first-order chi connectivity index (χ1) is 9.81. The van der Waals surface area contributed by atoms with Crippen LogP contribution in [0.15, 0.2) is 18.5 Å². The Morgan fingerprint density at radius 1 is 1.35 bits per heavy atom. The molecule has 1 aliphatic carbocycles. The van der Waals surface area contributed by atoms with Crippen molar-refractivity contribution in [3.05, 3.63) is 18.5 Å². The predicted octanol–water partition coefficient (Wildman–Crippen LogP) is 1.26. The Hall–Kier alpha value is -1.36. The van der Waals surface area contributed by atoms with Crippen molar-refractivity contribution in [1.29, 1.82) is 0 Å². The summed E-state index contributed by atoms with van der Waals surface area (Å²) in [6.07, 6.45) is 9.26. The van der Waals surface area contributed by atoms with Gasteiger partial charge in [0.25, 0.3) is 0 Å². The quantitative estimate of drug-likeness (QED) is 0.816. The standard InChI is InChI=1S/C15H24N4O/c20-15(6-10-19-9-2-8-17-19)18(11-13-4-5-13)12-14-3-1-7-16-14/h2,8-9,13-14,16H,1,3-7,10-12H2. The van der Waals surface area contributed by atoms with Crippen molar-refractivity contribution in [2.45, 2.75) is 44.7 Å². The van der Waals surface area contributed by atoms with Crippen LogP contribution in [0.5, 0.6) is 0 Å². The predicted molar refractivity (Wildman–Crippen MR) is 77.2 cm³/mol. The van der Waals surface area contributed by atoms with E-state index in [1.165, 1.54) is 25.7 Å². The highest BCUT2D eigenvalue weighted by molar-refractivity contribution is 5.76. The van der Waals surface area contributed by atoms with Crippen molar-refractivity contribution in [3.8, 4) is 0 Å². The molecule has 2 aliphatic rings. The highest BCUT2D eigenvalue weighted by atomic mass is 16.2. The molecule has 1 aliphatic heterocycles. The Balaban J connectivity index is 1.51. The molecule has 0 spiro atoms. The number of aromatic nitrogens is 2. The summed E-state index contributed by atoms with van der Waals surface area (Å²) in [4.78, 5) is 14.5. The summed E-state index contributed by atoms with van der Waals surface area (Å²) < 4.78 is 1.83. The number of amides is 1. The lowest BCUT2D eigenvalue weighted by atomic mass is 10.2. The number of nitrogens with zero attached hydrogens (tertiary/aromatic N) is 3. The zero-order valence-corrected chi connectivity index (χ0v) is 12.0. The smallest absolute Gasteiger partial charge is 0.224 e. The van der Waals surface area contributed by atoms with E-state index in [1.807, 2.05) is 16.9 Å². The average molecular weight is 276 g/mol. The molecule has 1 amide bonds. The monoisotopic (exact) mass is 276 g/mol. The van der Waals surface area contributed by atoms with Crippen LogP contribution in [-0.2, 0) is 11.3 Å². The van der Waals surface area contributed by atoms with Gasteiger partial charge >= 0.3 is 0 Å². The van der Waals surface area contributed by atoms with E-state index in [-0.39, 0.29) is 5.91 Å². The number of carbonyl (C=O) groups excluding carboxylic acids is 1. The van der Waals surface area contributed by atoms with Gasteiger partial charge in [-0.3, -0.25) is 9.48 Å². The van der Waals surface area contributed by atoms with E-state index >= 15 is 0 Å². The summed E-state index contributed by atoms with van der Waals surface area (Å²) in [7, 11) is 0. The summed E-state index contributed by atoms with van der Waals surface area (Å²) in [6, 6.07) is 2.40. The molecule has 0 radical (unpaired) electrons. The van der Waals surface area contributed by atoms with E-state index in [0.717, 1.165) is 25.6 Å². The van der Waals surface area contributed by atoms with Crippen LogP contribution in [0.3, 0.4) is 0 Å². The maximum absolute atomic E-state index is 12.4. The van der Waals surface area contributed by atoms with Crippen LogP contribution in [-0.4, -0.2) is 46.3 Å².